The lowest BCUT2D eigenvalue weighted by Crippen LogP contribution is -2.17. The summed E-state index contributed by atoms with van der Waals surface area (Å²) in [6.07, 6.45) is -0.194. The summed E-state index contributed by atoms with van der Waals surface area (Å²) in [5.74, 6) is -0.139. The van der Waals surface area contributed by atoms with Crippen LogP contribution in [0.5, 0.6) is 11.5 Å². The molecule has 0 saturated carbocycles. The monoisotopic (exact) mass is 348 g/mol. The molecule has 0 atom stereocenters. The van der Waals surface area contributed by atoms with Gasteiger partial charge in [0.1, 0.15) is 11.5 Å². The zero-order valence-electron chi connectivity index (χ0n) is 13.3. The molecule has 0 bridgehead atoms. The molecule has 5 nitrogen and oxygen atoms in total. The molecule has 0 aliphatic rings. The van der Waals surface area contributed by atoms with Crippen molar-refractivity contribution in [2.45, 2.75) is 20.0 Å². The molecule has 0 N–H and O–H groups in total. The van der Waals surface area contributed by atoms with Crippen LogP contribution >= 0.6 is 11.6 Å². The van der Waals surface area contributed by atoms with Gasteiger partial charge in [-0.15, -0.1) is 0 Å². The number of ether oxygens (including phenoxy) is 3. The fourth-order valence-electron chi connectivity index (χ4n) is 1.78. The summed E-state index contributed by atoms with van der Waals surface area (Å²) in [6.45, 7) is 3.31. The molecule has 0 unspecified atom stereocenters. The third-order valence-electron chi connectivity index (χ3n) is 2.83. The van der Waals surface area contributed by atoms with E-state index in [-0.39, 0.29) is 12.7 Å². The number of benzene rings is 2. The van der Waals surface area contributed by atoms with E-state index in [0.29, 0.717) is 22.1 Å². The van der Waals surface area contributed by atoms with Gasteiger partial charge in [-0.1, -0.05) is 11.6 Å². The van der Waals surface area contributed by atoms with Gasteiger partial charge in [-0.25, -0.2) is 9.59 Å². The summed E-state index contributed by atoms with van der Waals surface area (Å²) < 4.78 is 15.5. The summed E-state index contributed by atoms with van der Waals surface area (Å²) in [6, 6.07) is 12.8. The zero-order valence-corrected chi connectivity index (χ0v) is 14.1. The molecular formula is C18H17ClO5. The van der Waals surface area contributed by atoms with Crippen molar-refractivity contribution in [2.24, 2.45) is 0 Å². The molecule has 0 amide bonds. The first-order valence-electron chi connectivity index (χ1n) is 7.34. The summed E-state index contributed by atoms with van der Waals surface area (Å²) in [4.78, 5) is 23.5. The van der Waals surface area contributed by atoms with Crippen LogP contribution in [-0.4, -0.2) is 24.6 Å². The minimum absolute atomic E-state index is 0.194. The summed E-state index contributed by atoms with van der Waals surface area (Å²) >= 11 is 5.76. The molecule has 0 fully saturated rings. The van der Waals surface area contributed by atoms with Crippen LogP contribution in [0.3, 0.4) is 0 Å². The van der Waals surface area contributed by atoms with Gasteiger partial charge in [0.25, 0.3) is 0 Å². The standard InChI is InChI=1S/C18H17ClO5/c1-12(2)23-18(21)13-3-7-16(8-4-13)24-17(20)11-22-15-9-5-14(19)6-10-15/h3-10,12H,11H2,1-2H3. The summed E-state index contributed by atoms with van der Waals surface area (Å²) in [5, 5.41) is 0.584. The number of hydrogen-bond donors (Lipinski definition) is 0. The molecule has 2 aromatic rings. The fourth-order valence-corrected chi connectivity index (χ4v) is 1.90. The third kappa shape index (κ3) is 5.59. The molecule has 0 radical (unpaired) electrons. The first kappa shape index (κ1) is 17.8. The highest BCUT2D eigenvalue weighted by atomic mass is 35.5. The SMILES string of the molecule is CC(C)OC(=O)c1ccc(OC(=O)COc2ccc(Cl)cc2)cc1. The second-order valence-corrected chi connectivity index (χ2v) is 5.63. The topological polar surface area (TPSA) is 61.8 Å². The lowest BCUT2D eigenvalue weighted by molar-refractivity contribution is -0.136. The van der Waals surface area contributed by atoms with Crippen molar-refractivity contribution < 1.29 is 23.8 Å². The predicted octanol–water partition coefficient (Wildman–Crippen LogP) is 3.89. The molecule has 0 spiro atoms. The molecule has 0 aromatic heterocycles. The zero-order chi connectivity index (χ0) is 17.5. The minimum Gasteiger partial charge on any atom is -0.482 e. The maximum Gasteiger partial charge on any atom is 0.349 e. The second kappa shape index (κ2) is 8.36. The van der Waals surface area contributed by atoms with E-state index in [2.05, 4.69) is 0 Å². The molecule has 2 aromatic carbocycles. The highest BCUT2D eigenvalue weighted by Gasteiger charge is 2.11. The van der Waals surface area contributed by atoms with Crippen LogP contribution in [0.2, 0.25) is 5.02 Å². The van der Waals surface area contributed by atoms with Gasteiger partial charge in [0.2, 0.25) is 0 Å². The fraction of sp³-hybridized carbons (Fsp3) is 0.222. The number of rotatable bonds is 6. The van der Waals surface area contributed by atoms with Crippen LogP contribution in [0, 0.1) is 0 Å². The Kier molecular flexibility index (Phi) is 6.21. The molecule has 0 aliphatic heterocycles. The van der Waals surface area contributed by atoms with Crippen LogP contribution < -0.4 is 9.47 Å². The second-order valence-electron chi connectivity index (χ2n) is 5.20. The quantitative estimate of drug-likeness (QED) is 0.585. The van der Waals surface area contributed by atoms with Gasteiger partial charge in [-0.3, -0.25) is 0 Å². The van der Waals surface area contributed by atoms with Crippen LogP contribution in [0.1, 0.15) is 24.2 Å². The lowest BCUT2D eigenvalue weighted by Gasteiger charge is -2.09. The average molecular weight is 349 g/mol. The maximum atomic E-state index is 11.8. The third-order valence-corrected chi connectivity index (χ3v) is 3.09. The largest absolute Gasteiger partial charge is 0.482 e. The highest BCUT2D eigenvalue weighted by molar-refractivity contribution is 6.30. The van der Waals surface area contributed by atoms with Crippen LogP contribution in [0.4, 0.5) is 0 Å². The molecular weight excluding hydrogens is 332 g/mol. The van der Waals surface area contributed by atoms with E-state index in [0.717, 1.165) is 0 Å². The van der Waals surface area contributed by atoms with E-state index >= 15 is 0 Å². The van der Waals surface area contributed by atoms with Gasteiger partial charge in [-0.2, -0.15) is 0 Å². The van der Waals surface area contributed by atoms with Gasteiger partial charge >= 0.3 is 11.9 Å². The smallest absolute Gasteiger partial charge is 0.349 e. The van der Waals surface area contributed by atoms with Gasteiger partial charge in [0.05, 0.1) is 11.7 Å². The van der Waals surface area contributed by atoms with Crippen LogP contribution in [0.25, 0.3) is 0 Å². The van der Waals surface area contributed by atoms with Gasteiger partial charge in [0.15, 0.2) is 6.61 Å². The first-order valence-corrected chi connectivity index (χ1v) is 7.72. The molecule has 0 heterocycles. The number of carbonyl (C=O) groups excluding carboxylic acids is 2. The number of hydrogen-bond acceptors (Lipinski definition) is 5. The van der Waals surface area contributed by atoms with E-state index in [4.69, 9.17) is 25.8 Å². The Balaban J connectivity index is 1.85. The van der Waals surface area contributed by atoms with Crippen molar-refractivity contribution >= 4 is 23.5 Å². The van der Waals surface area contributed by atoms with Crippen LogP contribution in [-0.2, 0) is 9.53 Å². The lowest BCUT2D eigenvalue weighted by atomic mass is 10.2. The normalized spacial score (nSPS) is 10.3. The number of esters is 2. The average Bonchev–Trinajstić information content (AvgIpc) is 2.54. The van der Waals surface area contributed by atoms with Crippen LogP contribution in [0.15, 0.2) is 48.5 Å². The first-order chi connectivity index (χ1) is 11.4. The number of carbonyl (C=O) groups is 2. The van der Waals surface area contributed by atoms with Crippen molar-refractivity contribution in [2.75, 3.05) is 6.61 Å². The van der Waals surface area contributed by atoms with Crippen molar-refractivity contribution in [3.05, 3.63) is 59.1 Å². The van der Waals surface area contributed by atoms with E-state index in [9.17, 15) is 9.59 Å². The summed E-state index contributed by atoms with van der Waals surface area (Å²) in [5.41, 5.74) is 0.390. The highest BCUT2D eigenvalue weighted by Crippen LogP contribution is 2.16. The molecule has 2 rings (SSSR count). The summed E-state index contributed by atoms with van der Waals surface area (Å²) in [7, 11) is 0. The molecule has 6 heteroatoms. The molecule has 0 saturated heterocycles. The van der Waals surface area contributed by atoms with E-state index < -0.39 is 11.9 Å². The van der Waals surface area contributed by atoms with Crippen molar-refractivity contribution in [1.29, 1.82) is 0 Å². The van der Waals surface area contributed by atoms with E-state index in [1.165, 1.54) is 24.3 Å². The predicted molar refractivity (Wildman–Crippen MR) is 89.6 cm³/mol. The van der Waals surface area contributed by atoms with E-state index in [1.807, 2.05) is 0 Å². The van der Waals surface area contributed by atoms with Gasteiger partial charge < -0.3 is 14.2 Å². The van der Waals surface area contributed by atoms with Crippen molar-refractivity contribution in [1.82, 2.24) is 0 Å². The minimum atomic E-state index is -0.553. The maximum absolute atomic E-state index is 11.8. The Morgan fingerprint density at radius 2 is 1.54 bits per heavy atom. The number of halogens is 1. The molecule has 24 heavy (non-hydrogen) atoms. The van der Waals surface area contributed by atoms with Gasteiger partial charge in [0, 0.05) is 5.02 Å². The van der Waals surface area contributed by atoms with E-state index in [1.54, 1.807) is 38.1 Å². The Morgan fingerprint density at radius 1 is 0.958 bits per heavy atom. The Bertz CT molecular complexity index is 692. The Morgan fingerprint density at radius 3 is 2.12 bits per heavy atom. The van der Waals surface area contributed by atoms with Gasteiger partial charge in [-0.05, 0) is 62.4 Å². The van der Waals surface area contributed by atoms with Crippen molar-refractivity contribution in [3.63, 3.8) is 0 Å². The Labute approximate surface area is 145 Å². The Hall–Kier alpha value is -2.53. The molecule has 0 aliphatic carbocycles. The van der Waals surface area contributed by atoms with Crippen molar-refractivity contribution in [3.8, 4) is 11.5 Å². The molecule has 126 valence electrons.